The maximum atomic E-state index is 12.8. The molecule has 5 nitrogen and oxygen atoms in total. The molecule has 1 saturated heterocycles. The maximum absolute atomic E-state index is 12.8. The molecule has 1 aromatic heterocycles. The lowest BCUT2D eigenvalue weighted by Crippen LogP contribution is -2.39. The quantitative estimate of drug-likeness (QED) is 0.743. The van der Waals surface area contributed by atoms with Gasteiger partial charge < -0.3 is 14.2 Å². The number of hydrogen-bond acceptors (Lipinski definition) is 4. The van der Waals surface area contributed by atoms with Crippen LogP contribution in [0, 0.1) is 0 Å². The van der Waals surface area contributed by atoms with Crippen LogP contribution in [-0.4, -0.2) is 53.4 Å². The van der Waals surface area contributed by atoms with Gasteiger partial charge in [0.15, 0.2) is 0 Å². The molecule has 25 heavy (non-hydrogen) atoms. The molecular weight excluding hydrogens is 334 g/mol. The van der Waals surface area contributed by atoms with Gasteiger partial charge in [-0.05, 0) is 43.4 Å². The van der Waals surface area contributed by atoms with Crippen LogP contribution in [0.5, 0.6) is 0 Å². The average Bonchev–Trinajstić information content (AvgIpc) is 3.14. The molecule has 1 fully saturated rings. The van der Waals surface area contributed by atoms with Gasteiger partial charge in [0.25, 0.3) is 5.91 Å². The summed E-state index contributed by atoms with van der Waals surface area (Å²) in [5.41, 5.74) is 0.765. The first-order valence-corrected chi connectivity index (χ1v) is 9.88. The lowest BCUT2D eigenvalue weighted by molar-refractivity contribution is 0.0702. The van der Waals surface area contributed by atoms with E-state index in [0.29, 0.717) is 6.61 Å². The zero-order valence-corrected chi connectivity index (χ0v) is 15.7. The first-order valence-electron chi connectivity index (χ1n) is 8.66. The topological polar surface area (TPSA) is 47.4 Å². The molecule has 1 aromatic carbocycles. The third-order valence-electron chi connectivity index (χ3n) is 4.69. The Bertz CT molecular complexity index is 699. The molecule has 0 N–H and O–H groups in total. The highest BCUT2D eigenvalue weighted by Gasteiger charge is 2.27. The first kappa shape index (κ1) is 18.0. The van der Waals surface area contributed by atoms with E-state index in [1.807, 2.05) is 47.8 Å². The van der Waals surface area contributed by atoms with E-state index in [4.69, 9.17) is 4.74 Å². The molecule has 0 saturated carbocycles. The molecule has 0 aliphatic carbocycles. The molecule has 0 radical (unpaired) electrons. The Kier molecular flexibility index (Phi) is 6.15. The summed E-state index contributed by atoms with van der Waals surface area (Å²) in [6.45, 7) is 3.01. The Morgan fingerprint density at radius 3 is 2.88 bits per heavy atom. The number of rotatable bonds is 6. The van der Waals surface area contributed by atoms with Crippen molar-refractivity contribution in [3.05, 3.63) is 48.0 Å². The number of aromatic nitrogens is 2. The summed E-state index contributed by atoms with van der Waals surface area (Å²) < 4.78 is 7.33. The molecule has 6 heteroatoms. The first-order chi connectivity index (χ1) is 12.2. The Hall–Kier alpha value is -1.79. The number of hydrogen-bond donors (Lipinski definition) is 0. The van der Waals surface area contributed by atoms with Crippen LogP contribution < -0.4 is 0 Å². The molecule has 0 spiro atoms. The number of carbonyl (C=O) groups is 1. The molecule has 1 aliphatic rings. The van der Waals surface area contributed by atoms with E-state index in [0.717, 1.165) is 43.9 Å². The van der Waals surface area contributed by atoms with Gasteiger partial charge in [-0.15, -0.1) is 11.8 Å². The molecule has 1 aliphatic heterocycles. The lowest BCUT2D eigenvalue weighted by atomic mass is 9.96. The van der Waals surface area contributed by atoms with Crippen LogP contribution >= 0.6 is 11.8 Å². The van der Waals surface area contributed by atoms with E-state index >= 15 is 0 Å². The molecule has 1 amide bonds. The Balaban J connectivity index is 1.70. The van der Waals surface area contributed by atoms with Crippen LogP contribution in [0.25, 0.3) is 0 Å². The zero-order valence-electron chi connectivity index (χ0n) is 14.9. The van der Waals surface area contributed by atoms with E-state index in [-0.39, 0.29) is 11.8 Å². The van der Waals surface area contributed by atoms with Crippen LogP contribution in [0.2, 0.25) is 0 Å². The van der Waals surface area contributed by atoms with Crippen molar-refractivity contribution in [2.75, 3.05) is 33.1 Å². The number of nitrogens with zero attached hydrogens (tertiary/aromatic N) is 3. The van der Waals surface area contributed by atoms with Gasteiger partial charge in [0.05, 0.1) is 6.61 Å². The number of methoxy groups -OCH3 is 1. The lowest BCUT2D eigenvalue weighted by Gasteiger charge is -2.32. The minimum atomic E-state index is 0.118. The molecule has 2 aromatic rings. The fourth-order valence-corrected chi connectivity index (χ4v) is 3.76. The number of piperidine rings is 1. The highest BCUT2D eigenvalue weighted by molar-refractivity contribution is 7.98. The largest absolute Gasteiger partial charge is 0.383 e. The van der Waals surface area contributed by atoms with Gasteiger partial charge in [-0.2, -0.15) is 0 Å². The summed E-state index contributed by atoms with van der Waals surface area (Å²) in [7, 11) is 1.71. The fraction of sp³-hybridized carbons (Fsp3) is 0.474. The van der Waals surface area contributed by atoms with Gasteiger partial charge in [0, 0.05) is 55.5 Å². The van der Waals surface area contributed by atoms with Crippen LogP contribution in [0.1, 0.15) is 34.9 Å². The molecular formula is C19H25N3O2S. The number of amides is 1. The van der Waals surface area contributed by atoms with E-state index in [2.05, 4.69) is 9.55 Å². The standard InChI is InChI=1S/C19H25N3O2S/c1-24-13-12-21-11-9-20-18(21)16-4-3-10-22(14-16)19(23)15-5-7-17(25-2)8-6-15/h5-9,11,16H,3-4,10,12-14H2,1-2H3/t16-/m1/s1. The van der Waals surface area contributed by atoms with Crippen molar-refractivity contribution < 1.29 is 9.53 Å². The van der Waals surface area contributed by atoms with Crippen molar-refractivity contribution >= 4 is 17.7 Å². The van der Waals surface area contributed by atoms with E-state index in [1.165, 1.54) is 4.90 Å². The molecule has 0 bridgehead atoms. The van der Waals surface area contributed by atoms with Crippen LogP contribution in [0.4, 0.5) is 0 Å². The van der Waals surface area contributed by atoms with Crippen LogP contribution in [0.15, 0.2) is 41.6 Å². The van der Waals surface area contributed by atoms with Crippen LogP contribution in [0.3, 0.4) is 0 Å². The second-order valence-electron chi connectivity index (χ2n) is 6.29. The number of ether oxygens (including phenoxy) is 1. The molecule has 3 rings (SSSR count). The maximum Gasteiger partial charge on any atom is 0.253 e. The summed E-state index contributed by atoms with van der Waals surface area (Å²) >= 11 is 1.69. The van der Waals surface area contributed by atoms with Crippen molar-refractivity contribution in [2.45, 2.75) is 30.2 Å². The van der Waals surface area contributed by atoms with Gasteiger partial charge in [-0.25, -0.2) is 4.98 Å². The Morgan fingerprint density at radius 2 is 2.16 bits per heavy atom. The van der Waals surface area contributed by atoms with E-state index in [1.54, 1.807) is 18.9 Å². The third-order valence-corrected chi connectivity index (χ3v) is 5.44. The van der Waals surface area contributed by atoms with Crippen molar-refractivity contribution in [1.29, 1.82) is 0 Å². The van der Waals surface area contributed by atoms with Crippen molar-refractivity contribution in [2.24, 2.45) is 0 Å². The van der Waals surface area contributed by atoms with Crippen molar-refractivity contribution in [1.82, 2.24) is 14.5 Å². The predicted molar refractivity (Wildman–Crippen MR) is 100 cm³/mol. The third kappa shape index (κ3) is 4.25. The number of thioether (sulfide) groups is 1. The van der Waals surface area contributed by atoms with Gasteiger partial charge in [-0.3, -0.25) is 4.79 Å². The summed E-state index contributed by atoms with van der Waals surface area (Å²) in [4.78, 5) is 20.5. The fourth-order valence-electron chi connectivity index (χ4n) is 3.35. The second kappa shape index (κ2) is 8.54. The highest BCUT2D eigenvalue weighted by Crippen LogP contribution is 2.27. The van der Waals surface area contributed by atoms with Gasteiger partial charge in [-0.1, -0.05) is 0 Å². The number of carbonyl (C=O) groups excluding carboxylic acids is 1. The average molecular weight is 359 g/mol. The number of benzene rings is 1. The molecule has 1 atom stereocenters. The van der Waals surface area contributed by atoms with Gasteiger partial charge in [0.1, 0.15) is 5.82 Å². The minimum absolute atomic E-state index is 0.118. The zero-order chi connectivity index (χ0) is 17.6. The summed E-state index contributed by atoms with van der Waals surface area (Å²) in [5, 5.41) is 0. The van der Waals surface area contributed by atoms with Gasteiger partial charge >= 0.3 is 0 Å². The SMILES string of the molecule is COCCn1ccnc1[C@@H]1CCCN(C(=O)c2ccc(SC)cc2)C1. The highest BCUT2D eigenvalue weighted by atomic mass is 32.2. The van der Waals surface area contributed by atoms with E-state index in [9.17, 15) is 4.79 Å². The van der Waals surface area contributed by atoms with E-state index < -0.39 is 0 Å². The second-order valence-corrected chi connectivity index (χ2v) is 7.17. The van der Waals surface area contributed by atoms with Crippen LogP contribution in [-0.2, 0) is 11.3 Å². The molecule has 134 valence electrons. The normalized spacial score (nSPS) is 17.7. The van der Waals surface area contributed by atoms with Gasteiger partial charge in [0.2, 0.25) is 0 Å². The molecule has 0 unspecified atom stereocenters. The monoisotopic (exact) mass is 359 g/mol. The number of likely N-dealkylation sites (tertiary alicyclic amines) is 1. The predicted octanol–water partition coefficient (Wildman–Crippen LogP) is 3.27. The summed E-state index contributed by atoms with van der Waals surface area (Å²) in [5.74, 6) is 1.47. The summed E-state index contributed by atoms with van der Waals surface area (Å²) in [6, 6.07) is 7.88. The minimum Gasteiger partial charge on any atom is -0.383 e. The Morgan fingerprint density at radius 1 is 1.36 bits per heavy atom. The summed E-state index contributed by atoms with van der Waals surface area (Å²) in [6.07, 6.45) is 7.95. The Labute approximate surface area is 153 Å². The molecule has 2 heterocycles. The van der Waals surface area contributed by atoms with Crippen molar-refractivity contribution in [3.63, 3.8) is 0 Å². The number of imidazole rings is 1. The van der Waals surface area contributed by atoms with Crippen molar-refractivity contribution in [3.8, 4) is 0 Å². The smallest absolute Gasteiger partial charge is 0.253 e.